The van der Waals surface area contributed by atoms with Crippen LogP contribution in [0.1, 0.15) is 87.6 Å². The van der Waals surface area contributed by atoms with Gasteiger partial charge in [-0.25, -0.2) is 0 Å². The molecule has 0 heterocycles. The van der Waals surface area contributed by atoms with Crippen molar-refractivity contribution in [2.24, 2.45) is 17.3 Å². The van der Waals surface area contributed by atoms with E-state index < -0.39 is 35.2 Å². The molecule has 0 fully saturated rings. The molecule has 0 aliphatic carbocycles. The molecule has 3 N–H and O–H groups in total. The zero-order valence-electron chi connectivity index (χ0n) is 21.0. The Morgan fingerprint density at radius 1 is 0.774 bits per heavy atom. The summed E-state index contributed by atoms with van der Waals surface area (Å²) < 4.78 is 0. The van der Waals surface area contributed by atoms with Crippen LogP contribution >= 0.6 is 0 Å². The van der Waals surface area contributed by atoms with Crippen LogP contribution in [0.15, 0.2) is 30.3 Å². The van der Waals surface area contributed by atoms with E-state index in [-0.39, 0.29) is 0 Å². The van der Waals surface area contributed by atoms with E-state index in [0.29, 0.717) is 11.8 Å². The van der Waals surface area contributed by atoms with E-state index in [1.165, 1.54) is 25.8 Å². The molecule has 2 atom stereocenters. The molecule has 6 heteroatoms. The molecule has 0 saturated carbocycles. The Morgan fingerprint density at radius 2 is 1.13 bits per heavy atom. The highest BCUT2D eigenvalue weighted by Gasteiger charge is 2.25. The largest absolute Gasteiger partial charge is 0.481 e. The van der Waals surface area contributed by atoms with Crippen LogP contribution in [0.3, 0.4) is 0 Å². The van der Waals surface area contributed by atoms with Crippen molar-refractivity contribution in [1.29, 1.82) is 0 Å². The van der Waals surface area contributed by atoms with Gasteiger partial charge in [0.15, 0.2) is 0 Å². The number of carbonyl (C=O) groups is 3. The van der Waals surface area contributed by atoms with Crippen LogP contribution in [0.4, 0.5) is 0 Å². The molecule has 0 spiro atoms. The van der Waals surface area contributed by atoms with Crippen molar-refractivity contribution < 1.29 is 29.7 Å². The first-order valence-corrected chi connectivity index (χ1v) is 10.9. The Morgan fingerprint density at radius 3 is 1.32 bits per heavy atom. The van der Waals surface area contributed by atoms with Crippen molar-refractivity contribution in [2.45, 2.75) is 87.5 Å². The molecule has 6 nitrogen and oxygen atoms in total. The number of hydrogen-bond acceptors (Lipinski definition) is 3. The zero-order chi connectivity index (χ0) is 25.4. The molecular weight excluding hydrogens is 396 g/mol. The Balaban J connectivity index is -0.000000369. The summed E-state index contributed by atoms with van der Waals surface area (Å²) in [6.07, 6.45) is 1.87. The molecule has 1 aromatic rings. The van der Waals surface area contributed by atoms with Gasteiger partial charge in [-0.15, -0.1) is 0 Å². The van der Waals surface area contributed by atoms with Crippen LogP contribution in [0.25, 0.3) is 0 Å². The molecule has 180 valence electrons. The lowest BCUT2D eigenvalue weighted by Gasteiger charge is -2.22. The first kappa shape index (κ1) is 33.3. The first-order valence-electron chi connectivity index (χ1n) is 10.9. The summed E-state index contributed by atoms with van der Waals surface area (Å²) in [5.74, 6) is -4.51. The van der Waals surface area contributed by atoms with Crippen LogP contribution < -0.4 is 0 Å². The summed E-state index contributed by atoms with van der Waals surface area (Å²) in [6.45, 7) is 18.8. The SMILES string of the molecule is CC.CC(C(=O)O)C(C)C(=O)O.CCC(C)(C)C(=O)O.CCC(C)(C)c1ccccc1. The number of rotatable bonds is 7. The third-order valence-corrected chi connectivity index (χ3v) is 5.43. The maximum absolute atomic E-state index is 10.3. The highest BCUT2D eigenvalue weighted by atomic mass is 16.4. The fraction of sp³-hybridized carbons (Fsp3) is 0.640. The van der Waals surface area contributed by atoms with Gasteiger partial charge in [-0.1, -0.05) is 85.7 Å². The molecule has 31 heavy (non-hydrogen) atoms. The summed E-state index contributed by atoms with van der Waals surface area (Å²) in [5, 5.41) is 25.1. The van der Waals surface area contributed by atoms with E-state index >= 15 is 0 Å². The van der Waals surface area contributed by atoms with Gasteiger partial charge in [0.25, 0.3) is 0 Å². The van der Waals surface area contributed by atoms with Gasteiger partial charge in [-0.3, -0.25) is 14.4 Å². The Kier molecular flexibility index (Phi) is 17.5. The smallest absolute Gasteiger partial charge is 0.309 e. The molecule has 0 aromatic heterocycles. The van der Waals surface area contributed by atoms with Gasteiger partial charge in [0.05, 0.1) is 17.3 Å². The van der Waals surface area contributed by atoms with Gasteiger partial charge in [0.2, 0.25) is 0 Å². The van der Waals surface area contributed by atoms with Gasteiger partial charge in [-0.05, 0) is 37.7 Å². The van der Waals surface area contributed by atoms with Crippen LogP contribution in [0, 0.1) is 17.3 Å². The molecule has 1 rings (SSSR count). The fourth-order valence-electron chi connectivity index (χ4n) is 1.67. The molecule has 1 aromatic carbocycles. The van der Waals surface area contributed by atoms with Crippen molar-refractivity contribution in [1.82, 2.24) is 0 Å². The molecule has 0 aliphatic heterocycles. The van der Waals surface area contributed by atoms with E-state index in [2.05, 4.69) is 51.1 Å². The van der Waals surface area contributed by atoms with Crippen LogP contribution in [-0.4, -0.2) is 33.2 Å². The average Bonchev–Trinajstić information content (AvgIpc) is 2.75. The maximum Gasteiger partial charge on any atom is 0.309 e. The summed E-state index contributed by atoms with van der Waals surface area (Å²) in [5.41, 5.74) is 1.23. The average molecular weight is 441 g/mol. The molecule has 2 unspecified atom stereocenters. The quantitative estimate of drug-likeness (QED) is 0.456. The Bertz CT molecular complexity index is 617. The van der Waals surface area contributed by atoms with Crippen LogP contribution in [0.5, 0.6) is 0 Å². The second-order valence-corrected chi connectivity index (χ2v) is 8.40. The van der Waals surface area contributed by atoms with Crippen molar-refractivity contribution in [3.05, 3.63) is 35.9 Å². The van der Waals surface area contributed by atoms with E-state index in [9.17, 15) is 14.4 Å². The summed E-state index contributed by atoms with van der Waals surface area (Å²) >= 11 is 0. The topological polar surface area (TPSA) is 112 Å². The Hall–Kier alpha value is -2.37. The second-order valence-electron chi connectivity index (χ2n) is 8.40. The van der Waals surface area contributed by atoms with Crippen molar-refractivity contribution >= 4 is 17.9 Å². The minimum atomic E-state index is -1.07. The number of hydrogen-bond donors (Lipinski definition) is 3. The molecular formula is C25H44O6. The van der Waals surface area contributed by atoms with Crippen LogP contribution in [-0.2, 0) is 19.8 Å². The lowest BCUT2D eigenvalue weighted by molar-refractivity contribution is -0.152. The summed E-state index contributed by atoms with van der Waals surface area (Å²) in [6, 6.07) is 10.7. The van der Waals surface area contributed by atoms with Crippen LogP contribution in [0.2, 0.25) is 0 Å². The monoisotopic (exact) mass is 440 g/mol. The van der Waals surface area contributed by atoms with Gasteiger partial charge < -0.3 is 15.3 Å². The lowest BCUT2D eigenvalue weighted by atomic mass is 9.82. The number of carboxylic acid groups (broad SMARTS) is 3. The third-order valence-electron chi connectivity index (χ3n) is 5.43. The maximum atomic E-state index is 10.3. The van der Waals surface area contributed by atoms with Crippen molar-refractivity contribution in [2.75, 3.05) is 0 Å². The summed E-state index contributed by atoms with van der Waals surface area (Å²) in [7, 11) is 0. The van der Waals surface area contributed by atoms with Gasteiger partial charge >= 0.3 is 17.9 Å². The zero-order valence-corrected chi connectivity index (χ0v) is 21.0. The number of carboxylic acids is 3. The fourth-order valence-corrected chi connectivity index (χ4v) is 1.67. The molecule has 0 aliphatic rings. The van der Waals surface area contributed by atoms with E-state index in [1.54, 1.807) is 13.8 Å². The minimum Gasteiger partial charge on any atom is -0.481 e. The standard InChI is InChI=1S/C11H16.C6H10O4.C6H12O2.C2H6/c1-4-11(2,3)10-8-6-5-7-9-10;1-3(5(7)8)4(2)6(9)10;1-4-6(2,3)5(7)8;1-2/h5-9H,4H2,1-3H3;3-4H,1-2H3,(H,7,8)(H,9,10);4H2,1-3H3,(H,7,8);1-2H3. The predicted molar refractivity (Wildman–Crippen MR) is 126 cm³/mol. The Labute approximate surface area is 188 Å². The van der Waals surface area contributed by atoms with Gasteiger partial charge in [0, 0.05) is 0 Å². The molecule has 0 bridgehead atoms. The molecule has 0 saturated heterocycles. The number of benzene rings is 1. The van der Waals surface area contributed by atoms with E-state index in [4.69, 9.17) is 15.3 Å². The minimum absolute atomic E-state index is 0.335. The van der Waals surface area contributed by atoms with Gasteiger partial charge in [0.1, 0.15) is 0 Å². The molecule has 0 amide bonds. The summed E-state index contributed by atoms with van der Waals surface area (Å²) in [4.78, 5) is 30.6. The highest BCUT2D eigenvalue weighted by Crippen LogP contribution is 2.25. The predicted octanol–water partition coefficient (Wildman–Crippen LogP) is 6.34. The van der Waals surface area contributed by atoms with Crippen molar-refractivity contribution in [3.63, 3.8) is 0 Å². The van der Waals surface area contributed by atoms with E-state index in [0.717, 1.165) is 0 Å². The number of aliphatic carboxylic acids is 3. The van der Waals surface area contributed by atoms with Crippen molar-refractivity contribution in [3.8, 4) is 0 Å². The second kappa shape index (κ2) is 16.3. The normalized spacial score (nSPS) is 12.3. The third kappa shape index (κ3) is 14.3. The molecule has 0 radical (unpaired) electrons. The van der Waals surface area contributed by atoms with Gasteiger partial charge in [-0.2, -0.15) is 0 Å². The highest BCUT2D eigenvalue weighted by molar-refractivity contribution is 5.79. The first-order chi connectivity index (χ1) is 14.1. The lowest BCUT2D eigenvalue weighted by Crippen LogP contribution is -2.24. The van der Waals surface area contributed by atoms with E-state index in [1.807, 2.05) is 20.8 Å².